The highest BCUT2D eigenvalue weighted by Crippen LogP contribution is 2.36. The van der Waals surface area contributed by atoms with Crippen molar-refractivity contribution in [1.82, 2.24) is 4.57 Å². The average Bonchev–Trinajstić information content (AvgIpc) is 3.35. The molecular weight excluding hydrogens is 555 g/mol. The number of pyridine rings is 1. The van der Waals surface area contributed by atoms with Crippen LogP contribution in [0.25, 0.3) is 22.6 Å². The van der Waals surface area contributed by atoms with Crippen LogP contribution in [0.4, 0.5) is 22.0 Å². The normalized spacial score (nSPS) is 12.1. The molecule has 2 heterocycles. The van der Waals surface area contributed by atoms with Gasteiger partial charge in [0.1, 0.15) is 23.3 Å². The highest BCUT2D eigenvalue weighted by Gasteiger charge is 2.37. The standard InChI is InChI=1S/C28H21F5N2O4S/c1-15(2)17-6-18(8-21(7-17)40(3,37)38)19-9-26(39-14-19)25-11-23(28(31,32)33)22(12-34)27(36)35(25)13-16-4-5-20(29)10-24(16)30/h4-11,14-15H,13H2,1-3H3. The summed E-state index contributed by atoms with van der Waals surface area (Å²) in [5.74, 6) is -2.24. The molecule has 0 atom stereocenters. The molecule has 0 radical (unpaired) electrons. The highest BCUT2D eigenvalue weighted by molar-refractivity contribution is 7.90. The molecule has 208 valence electrons. The zero-order valence-corrected chi connectivity index (χ0v) is 22.1. The Hall–Kier alpha value is -4.24. The predicted molar refractivity (Wildman–Crippen MR) is 136 cm³/mol. The van der Waals surface area contributed by atoms with Crippen LogP contribution in [0.2, 0.25) is 0 Å². The van der Waals surface area contributed by atoms with Gasteiger partial charge in [-0.2, -0.15) is 18.4 Å². The number of aromatic nitrogens is 1. The van der Waals surface area contributed by atoms with E-state index in [4.69, 9.17) is 4.42 Å². The van der Waals surface area contributed by atoms with Crippen molar-refractivity contribution in [3.8, 4) is 28.7 Å². The molecule has 0 saturated heterocycles. The van der Waals surface area contributed by atoms with Crippen molar-refractivity contribution in [2.24, 2.45) is 0 Å². The molecule has 0 saturated carbocycles. The summed E-state index contributed by atoms with van der Waals surface area (Å²) in [6.07, 6.45) is -2.86. The first-order valence-electron chi connectivity index (χ1n) is 11.7. The lowest BCUT2D eigenvalue weighted by Crippen LogP contribution is -2.29. The van der Waals surface area contributed by atoms with Crippen LogP contribution in [0.5, 0.6) is 0 Å². The van der Waals surface area contributed by atoms with Gasteiger partial charge in [0.15, 0.2) is 15.6 Å². The van der Waals surface area contributed by atoms with E-state index in [1.807, 2.05) is 13.8 Å². The van der Waals surface area contributed by atoms with E-state index in [2.05, 4.69) is 0 Å². The fourth-order valence-electron chi connectivity index (χ4n) is 4.12. The minimum absolute atomic E-state index is 0.0258. The van der Waals surface area contributed by atoms with E-state index < -0.39 is 56.6 Å². The van der Waals surface area contributed by atoms with E-state index in [1.165, 1.54) is 30.5 Å². The van der Waals surface area contributed by atoms with Gasteiger partial charge in [-0.05, 0) is 47.4 Å². The Morgan fingerprint density at radius 3 is 2.30 bits per heavy atom. The van der Waals surface area contributed by atoms with Gasteiger partial charge >= 0.3 is 6.18 Å². The van der Waals surface area contributed by atoms with Crippen molar-refractivity contribution in [3.63, 3.8) is 0 Å². The van der Waals surface area contributed by atoms with E-state index in [-0.39, 0.29) is 22.1 Å². The lowest BCUT2D eigenvalue weighted by Gasteiger charge is -2.16. The molecule has 0 amide bonds. The van der Waals surface area contributed by atoms with E-state index in [0.29, 0.717) is 28.8 Å². The molecule has 2 aromatic heterocycles. The molecule has 40 heavy (non-hydrogen) atoms. The lowest BCUT2D eigenvalue weighted by atomic mass is 9.98. The Bertz CT molecular complexity index is 1830. The number of sulfone groups is 1. The first-order valence-corrected chi connectivity index (χ1v) is 13.6. The molecule has 0 unspecified atom stereocenters. The summed E-state index contributed by atoms with van der Waals surface area (Å²) in [6.45, 7) is 3.08. The van der Waals surface area contributed by atoms with Gasteiger partial charge in [0.05, 0.1) is 29.0 Å². The van der Waals surface area contributed by atoms with E-state index in [1.54, 1.807) is 6.07 Å². The van der Waals surface area contributed by atoms with Crippen molar-refractivity contribution in [2.75, 3.05) is 6.26 Å². The zero-order valence-electron chi connectivity index (χ0n) is 21.3. The molecule has 0 bridgehead atoms. The lowest BCUT2D eigenvalue weighted by molar-refractivity contribution is -0.137. The van der Waals surface area contributed by atoms with Crippen LogP contribution in [-0.2, 0) is 22.6 Å². The van der Waals surface area contributed by atoms with Crippen LogP contribution < -0.4 is 5.56 Å². The quantitative estimate of drug-likeness (QED) is 0.244. The van der Waals surface area contributed by atoms with E-state index in [0.717, 1.165) is 23.0 Å². The van der Waals surface area contributed by atoms with Gasteiger partial charge < -0.3 is 4.42 Å². The third kappa shape index (κ3) is 5.70. The number of hydrogen-bond donors (Lipinski definition) is 0. The third-order valence-electron chi connectivity index (χ3n) is 6.27. The van der Waals surface area contributed by atoms with Crippen LogP contribution in [-0.4, -0.2) is 19.2 Å². The van der Waals surface area contributed by atoms with Gasteiger partial charge in [0.2, 0.25) is 0 Å². The molecular formula is C28H21F5N2O4S. The van der Waals surface area contributed by atoms with Crippen LogP contribution in [0, 0.1) is 23.0 Å². The fourth-order valence-corrected chi connectivity index (χ4v) is 4.81. The van der Waals surface area contributed by atoms with Crippen molar-refractivity contribution in [3.05, 3.63) is 99.0 Å². The highest BCUT2D eigenvalue weighted by atomic mass is 32.2. The Morgan fingerprint density at radius 2 is 1.73 bits per heavy atom. The van der Waals surface area contributed by atoms with Crippen LogP contribution in [0.1, 0.15) is 42.0 Å². The summed E-state index contributed by atoms with van der Waals surface area (Å²) in [7, 11) is -3.61. The largest absolute Gasteiger partial charge is 0.462 e. The minimum atomic E-state index is -5.08. The SMILES string of the molecule is CC(C)c1cc(-c2coc(-c3cc(C(F)(F)F)c(C#N)c(=O)n3Cc3ccc(F)cc3F)c2)cc(S(C)(=O)=O)c1. The summed E-state index contributed by atoms with van der Waals surface area (Å²) >= 11 is 0. The molecule has 0 N–H and O–H groups in total. The molecule has 4 rings (SSSR count). The Balaban J connectivity index is 1.96. The summed E-state index contributed by atoms with van der Waals surface area (Å²) in [5.41, 5.74) is -3.33. The monoisotopic (exact) mass is 576 g/mol. The number of benzene rings is 2. The smallest absolute Gasteiger partial charge is 0.417 e. The van der Waals surface area contributed by atoms with Crippen LogP contribution in [0.15, 0.2) is 68.9 Å². The third-order valence-corrected chi connectivity index (χ3v) is 7.36. The Labute approximate surface area is 225 Å². The summed E-state index contributed by atoms with van der Waals surface area (Å²) in [4.78, 5) is 13.2. The second-order valence-electron chi connectivity index (χ2n) is 9.47. The minimum Gasteiger partial charge on any atom is -0.462 e. The van der Waals surface area contributed by atoms with Crippen molar-refractivity contribution in [2.45, 2.75) is 37.4 Å². The second-order valence-corrected chi connectivity index (χ2v) is 11.5. The number of hydrogen-bond acceptors (Lipinski definition) is 5. The number of nitrogens with zero attached hydrogens (tertiary/aromatic N) is 2. The summed E-state index contributed by atoms with van der Waals surface area (Å²) in [6, 6.07) is 10.3. The molecule has 0 fully saturated rings. The predicted octanol–water partition coefficient (Wildman–Crippen LogP) is 6.52. The maximum absolute atomic E-state index is 14.4. The van der Waals surface area contributed by atoms with Gasteiger partial charge in [-0.25, -0.2) is 17.2 Å². The number of alkyl halides is 3. The van der Waals surface area contributed by atoms with Gasteiger partial charge in [-0.1, -0.05) is 26.0 Å². The van der Waals surface area contributed by atoms with Crippen molar-refractivity contribution >= 4 is 9.84 Å². The molecule has 0 spiro atoms. The van der Waals surface area contributed by atoms with E-state index >= 15 is 0 Å². The first kappa shape index (κ1) is 28.8. The van der Waals surface area contributed by atoms with Crippen LogP contribution in [0.3, 0.4) is 0 Å². The van der Waals surface area contributed by atoms with Crippen molar-refractivity contribution < 1.29 is 34.8 Å². The maximum Gasteiger partial charge on any atom is 0.417 e. The molecule has 4 aromatic rings. The second kappa shape index (κ2) is 10.4. The molecule has 6 nitrogen and oxygen atoms in total. The fraction of sp³-hybridized carbons (Fsp3) is 0.214. The Morgan fingerprint density at radius 1 is 1.02 bits per heavy atom. The number of halogens is 5. The molecule has 0 aliphatic rings. The molecule has 2 aromatic carbocycles. The van der Waals surface area contributed by atoms with Gasteiger partial charge in [0, 0.05) is 23.4 Å². The number of furan rings is 1. The van der Waals surface area contributed by atoms with Crippen LogP contribution >= 0.6 is 0 Å². The number of rotatable bonds is 6. The summed E-state index contributed by atoms with van der Waals surface area (Å²) < 4.78 is 100. The number of nitriles is 1. The van der Waals surface area contributed by atoms with Gasteiger partial charge in [0.25, 0.3) is 5.56 Å². The molecule has 0 aliphatic heterocycles. The van der Waals surface area contributed by atoms with Gasteiger partial charge in [-0.15, -0.1) is 0 Å². The van der Waals surface area contributed by atoms with Crippen molar-refractivity contribution in [1.29, 1.82) is 5.26 Å². The maximum atomic E-state index is 14.4. The topological polar surface area (TPSA) is 93.1 Å². The van der Waals surface area contributed by atoms with Gasteiger partial charge in [-0.3, -0.25) is 9.36 Å². The zero-order chi connectivity index (χ0) is 29.6. The molecule has 12 heteroatoms. The average molecular weight is 577 g/mol. The Kier molecular flexibility index (Phi) is 7.47. The molecule has 0 aliphatic carbocycles. The summed E-state index contributed by atoms with van der Waals surface area (Å²) in [5, 5.41) is 9.36. The van der Waals surface area contributed by atoms with E-state index in [9.17, 15) is 40.4 Å². The first-order chi connectivity index (χ1) is 18.6.